The molecule has 15 heavy (non-hydrogen) atoms. The van der Waals surface area contributed by atoms with Crippen LogP contribution < -0.4 is 4.74 Å². The van der Waals surface area contributed by atoms with E-state index < -0.39 is 5.82 Å². The molecule has 0 aliphatic carbocycles. The van der Waals surface area contributed by atoms with Crippen LogP contribution in [0, 0.1) is 11.7 Å². The minimum Gasteiger partial charge on any atom is -0.493 e. The third kappa shape index (κ3) is 3.23. The summed E-state index contributed by atoms with van der Waals surface area (Å²) in [5.74, 6) is 0.280. The van der Waals surface area contributed by atoms with Gasteiger partial charge in [0.15, 0.2) is 0 Å². The van der Waals surface area contributed by atoms with Gasteiger partial charge in [-0.15, -0.1) is 0 Å². The molecule has 0 atom stereocenters. The Kier molecular flexibility index (Phi) is 4.09. The topological polar surface area (TPSA) is 41.8 Å². The zero-order valence-corrected chi connectivity index (χ0v) is 8.77. The lowest BCUT2D eigenvalue weighted by atomic mass is 10.2. The predicted octanol–water partition coefficient (Wildman–Crippen LogP) is 2.67. The molecule has 0 unspecified atom stereocenters. The highest BCUT2D eigenvalue weighted by Crippen LogP contribution is 2.20. The SMILES string of the molecule is CC(C)COc1cccc(F)c1C=NO. The second-order valence-corrected chi connectivity index (χ2v) is 3.60. The average molecular weight is 211 g/mol. The zero-order valence-electron chi connectivity index (χ0n) is 8.77. The molecule has 0 radical (unpaired) electrons. The van der Waals surface area contributed by atoms with Crippen LogP contribution >= 0.6 is 0 Å². The van der Waals surface area contributed by atoms with Crippen molar-refractivity contribution >= 4 is 6.21 Å². The van der Waals surface area contributed by atoms with Crippen LogP contribution in [0.25, 0.3) is 0 Å². The van der Waals surface area contributed by atoms with E-state index in [0.29, 0.717) is 18.3 Å². The van der Waals surface area contributed by atoms with E-state index >= 15 is 0 Å². The van der Waals surface area contributed by atoms with E-state index in [1.54, 1.807) is 12.1 Å². The summed E-state index contributed by atoms with van der Waals surface area (Å²) >= 11 is 0. The summed E-state index contributed by atoms with van der Waals surface area (Å²) < 4.78 is 18.7. The number of hydrogen-bond acceptors (Lipinski definition) is 3. The number of oxime groups is 1. The van der Waals surface area contributed by atoms with Crippen LogP contribution in [0.15, 0.2) is 23.4 Å². The highest BCUT2D eigenvalue weighted by molar-refractivity contribution is 5.83. The summed E-state index contributed by atoms with van der Waals surface area (Å²) in [5, 5.41) is 11.2. The molecule has 82 valence electrons. The van der Waals surface area contributed by atoms with Gasteiger partial charge >= 0.3 is 0 Å². The summed E-state index contributed by atoms with van der Waals surface area (Å²) in [6, 6.07) is 4.49. The summed E-state index contributed by atoms with van der Waals surface area (Å²) in [5.41, 5.74) is 0.167. The lowest BCUT2D eigenvalue weighted by molar-refractivity contribution is 0.269. The van der Waals surface area contributed by atoms with Gasteiger partial charge in [-0.25, -0.2) is 4.39 Å². The Morgan fingerprint density at radius 2 is 2.27 bits per heavy atom. The molecule has 0 fully saturated rings. The van der Waals surface area contributed by atoms with Gasteiger partial charge in [0.1, 0.15) is 11.6 Å². The van der Waals surface area contributed by atoms with E-state index in [4.69, 9.17) is 9.94 Å². The van der Waals surface area contributed by atoms with Gasteiger partial charge in [0.2, 0.25) is 0 Å². The molecule has 0 saturated carbocycles. The predicted molar refractivity (Wildman–Crippen MR) is 56.1 cm³/mol. The molecule has 4 heteroatoms. The number of nitrogens with zero attached hydrogens (tertiary/aromatic N) is 1. The molecule has 0 spiro atoms. The number of ether oxygens (including phenoxy) is 1. The zero-order chi connectivity index (χ0) is 11.3. The Morgan fingerprint density at radius 1 is 1.53 bits per heavy atom. The van der Waals surface area contributed by atoms with Crippen LogP contribution in [-0.2, 0) is 0 Å². The van der Waals surface area contributed by atoms with Gasteiger partial charge in [-0.1, -0.05) is 25.1 Å². The Labute approximate surface area is 88.2 Å². The van der Waals surface area contributed by atoms with Gasteiger partial charge in [-0.2, -0.15) is 0 Å². The van der Waals surface area contributed by atoms with E-state index in [-0.39, 0.29) is 5.56 Å². The van der Waals surface area contributed by atoms with Gasteiger partial charge in [-0.3, -0.25) is 0 Å². The van der Waals surface area contributed by atoms with E-state index in [0.717, 1.165) is 6.21 Å². The number of halogens is 1. The highest BCUT2D eigenvalue weighted by Gasteiger charge is 2.08. The van der Waals surface area contributed by atoms with Gasteiger partial charge < -0.3 is 9.94 Å². The lowest BCUT2D eigenvalue weighted by Gasteiger charge is -2.10. The lowest BCUT2D eigenvalue weighted by Crippen LogP contribution is -2.06. The molecule has 0 aromatic heterocycles. The maximum Gasteiger partial charge on any atom is 0.135 e. The first kappa shape index (κ1) is 11.5. The van der Waals surface area contributed by atoms with Gasteiger partial charge in [0.05, 0.1) is 18.4 Å². The number of rotatable bonds is 4. The normalized spacial score (nSPS) is 11.2. The van der Waals surface area contributed by atoms with Gasteiger partial charge in [0.25, 0.3) is 0 Å². The third-order valence-corrected chi connectivity index (χ3v) is 1.77. The first-order valence-electron chi connectivity index (χ1n) is 4.74. The minimum absolute atomic E-state index is 0.167. The maximum absolute atomic E-state index is 13.3. The first-order chi connectivity index (χ1) is 7.15. The molecule has 1 N–H and O–H groups in total. The van der Waals surface area contributed by atoms with Crippen molar-refractivity contribution in [3.63, 3.8) is 0 Å². The largest absolute Gasteiger partial charge is 0.493 e. The number of hydrogen-bond donors (Lipinski definition) is 1. The van der Waals surface area contributed by atoms with Crippen LogP contribution in [0.5, 0.6) is 5.75 Å². The van der Waals surface area contributed by atoms with Gasteiger partial charge in [0, 0.05) is 0 Å². The molecule has 0 saturated heterocycles. The van der Waals surface area contributed by atoms with Crippen LogP contribution in [-0.4, -0.2) is 18.0 Å². The van der Waals surface area contributed by atoms with Crippen molar-refractivity contribution in [2.24, 2.45) is 11.1 Å². The summed E-state index contributed by atoms with van der Waals surface area (Å²) in [6.45, 7) is 4.49. The van der Waals surface area contributed by atoms with Crippen LogP contribution in [0.4, 0.5) is 4.39 Å². The van der Waals surface area contributed by atoms with Crippen molar-refractivity contribution in [2.75, 3.05) is 6.61 Å². The Bertz CT molecular complexity index is 350. The molecule has 1 aromatic carbocycles. The fourth-order valence-corrected chi connectivity index (χ4v) is 1.08. The summed E-state index contributed by atoms with van der Waals surface area (Å²) in [7, 11) is 0. The number of benzene rings is 1. The smallest absolute Gasteiger partial charge is 0.135 e. The Balaban J connectivity index is 2.90. The molecule has 1 rings (SSSR count). The van der Waals surface area contributed by atoms with Crippen molar-refractivity contribution in [1.82, 2.24) is 0 Å². The van der Waals surface area contributed by atoms with Crippen LogP contribution in [0.3, 0.4) is 0 Å². The van der Waals surface area contributed by atoms with Crippen molar-refractivity contribution in [1.29, 1.82) is 0 Å². The second-order valence-electron chi connectivity index (χ2n) is 3.60. The van der Waals surface area contributed by atoms with Gasteiger partial charge in [-0.05, 0) is 18.1 Å². The minimum atomic E-state index is -0.464. The van der Waals surface area contributed by atoms with E-state index in [2.05, 4.69) is 5.16 Å². The van der Waals surface area contributed by atoms with Crippen molar-refractivity contribution in [3.8, 4) is 5.75 Å². The van der Waals surface area contributed by atoms with Crippen molar-refractivity contribution in [3.05, 3.63) is 29.6 Å². The van der Waals surface area contributed by atoms with E-state index in [1.165, 1.54) is 6.07 Å². The molecule has 3 nitrogen and oxygen atoms in total. The third-order valence-electron chi connectivity index (χ3n) is 1.77. The molecular weight excluding hydrogens is 197 g/mol. The molecule has 0 heterocycles. The molecule has 0 bridgehead atoms. The van der Waals surface area contributed by atoms with Crippen molar-refractivity contribution in [2.45, 2.75) is 13.8 Å². The standard InChI is InChI=1S/C11H14FNO2/c1-8(2)7-15-11-5-3-4-10(12)9(11)6-13-14/h3-6,8,14H,7H2,1-2H3. The average Bonchev–Trinajstić information content (AvgIpc) is 2.19. The quantitative estimate of drug-likeness (QED) is 0.472. The molecule has 1 aromatic rings. The van der Waals surface area contributed by atoms with E-state index in [1.807, 2.05) is 13.8 Å². The maximum atomic E-state index is 13.3. The van der Waals surface area contributed by atoms with E-state index in [9.17, 15) is 4.39 Å². The Morgan fingerprint density at radius 3 is 2.87 bits per heavy atom. The molecule has 0 amide bonds. The summed E-state index contributed by atoms with van der Waals surface area (Å²) in [6.07, 6.45) is 1.03. The monoisotopic (exact) mass is 211 g/mol. The second kappa shape index (κ2) is 5.34. The fourth-order valence-electron chi connectivity index (χ4n) is 1.08. The Hall–Kier alpha value is -1.58. The molecular formula is C11H14FNO2. The van der Waals surface area contributed by atoms with Crippen molar-refractivity contribution < 1.29 is 14.3 Å². The molecule has 0 aliphatic heterocycles. The molecule has 0 aliphatic rings. The van der Waals surface area contributed by atoms with Crippen LogP contribution in [0.1, 0.15) is 19.4 Å². The summed E-state index contributed by atoms with van der Waals surface area (Å²) in [4.78, 5) is 0. The fraction of sp³-hybridized carbons (Fsp3) is 0.364. The van der Waals surface area contributed by atoms with Crippen LogP contribution in [0.2, 0.25) is 0 Å². The first-order valence-corrected chi connectivity index (χ1v) is 4.74. The highest BCUT2D eigenvalue weighted by atomic mass is 19.1.